The second-order valence-corrected chi connectivity index (χ2v) is 6.92. The van der Waals surface area contributed by atoms with Crippen LogP contribution in [0, 0.1) is 5.92 Å². The first kappa shape index (κ1) is 16.1. The Hall–Kier alpha value is -2.34. The van der Waals surface area contributed by atoms with Crippen LogP contribution in [-0.2, 0) is 12.8 Å². The van der Waals surface area contributed by atoms with E-state index in [9.17, 15) is 0 Å². The lowest BCUT2D eigenvalue weighted by molar-refractivity contribution is 0.620. The maximum absolute atomic E-state index is 5.92. The number of nitrogens with one attached hydrogen (secondary N) is 2. The molecule has 2 aromatic rings. The molecule has 1 atom stereocenters. The number of nitrogens with zero attached hydrogens (tertiary/aromatic N) is 3. The van der Waals surface area contributed by atoms with Gasteiger partial charge in [-0.05, 0) is 37.4 Å². The highest BCUT2D eigenvalue weighted by Gasteiger charge is 2.23. The number of hydrogen-bond acceptors (Lipinski definition) is 6. The van der Waals surface area contributed by atoms with Crippen molar-refractivity contribution in [3.05, 3.63) is 41.6 Å². The number of nitrogens with two attached hydrogens (primary N) is 1. The largest absolute Gasteiger partial charge is 0.371 e. The molecule has 0 radical (unpaired) electrons. The minimum absolute atomic E-state index is 0.375. The number of anilines is 3. The van der Waals surface area contributed by atoms with Gasteiger partial charge in [0.15, 0.2) is 0 Å². The summed E-state index contributed by atoms with van der Waals surface area (Å²) in [5.74, 6) is 1.93. The van der Waals surface area contributed by atoms with Crippen LogP contribution in [0.5, 0.6) is 0 Å². The van der Waals surface area contributed by atoms with Crippen LogP contribution in [0.1, 0.15) is 17.7 Å². The molecule has 0 saturated carbocycles. The molecule has 132 valence electrons. The summed E-state index contributed by atoms with van der Waals surface area (Å²) in [4.78, 5) is 11.4. The molecule has 1 aromatic carbocycles. The molecule has 0 unspecified atom stereocenters. The third-order valence-corrected chi connectivity index (χ3v) is 5.17. The van der Waals surface area contributed by atoms with Crippen LogP contribution in [0.3, 0.4) is 0 Å². The summed E-state index contributed by atoms with van der Waals surface area (Å²) >= 11 is 0. The van der Waals surface area contributed by atoms with E-state index in [4.69, 9.17) is 5.73 Å². The Morgan fingerprint density at radius 3 is 2.88 bits per heavy atom. The molecule has 1 aromatic heterocycles. The van der Waals surface area contributed by atoms with Gasteiger partial charge < -0.3 is 21.3 Å². The lowest BCUT2D eigenvalue weighted by Gasteiger charge is -2.19. The fourth-order valence-corrected chi connectivity index (χ4v) is 3.82. The zero-order valence-electron chi connectivity index (χ0n) is 14.5. The quantitative estimate of drug-likeness (QED) is 0.787. The van der Waals surface area contributed by atoms with Gasteiger partial charge in [-0.15, -0.1) is 0 Å². The number of para-hydroxylation sites is 1. The van der Waals surface area contributed by atoms with Gasteiger partial charge >= 0.3 is 0 Å². The van der Waals surface area contributed by atoms with E-state index in [1.54, 1.807) is 0 Å². The third-order valence-electron chi connectivity index (χ3n) is 5.17. The van der Waals surface area contributed by atoms with E-state index >= 15 is 0 Å². The van der Waals surface area contributed by atoms with Crippen molar-refractivity contribution in [2.75, 3.05) is 48.7 Å². The molecule has 6 heteroatoms. The molecule has 0 bridgehead atoms. The van der Waals surface area contributed by atoms with Gasteiger partial charge in [0.1, 0.15) is 5.82 Å². The SMILES string of the molecule is Nc1nc2c(c(NC[C@@H]3CCN(c4ccccc4)C3)n1)CCNCC2. The molecule has 6 nitrogen and oxygen atoms in total. The first-order valence-electron chi connectivity index (χ1n) is 9.19. The molecular weight excluding hydrogens is 312 g/mol. The average molecular weight is 338 g/mol. The van der Waals surface area contributed by atoms with Crippen molar-refractivity contribution in [1.82, 2.24) is 15.3 Å². The average Bonchev–Trinajstić information content (AvgIpc) is 2.98. The van der Waals surface area contributed by atoms with Crippen LogP contribution in [0.15, 0.2) is 30.3 Å². The van der Waals surface area contributed by atoms with Crippen LogP contribution in [-0.4, -0.2) is 42.7 Å². The van der Waals surface area contributed by atoms with Crippen molar-refractivity contribution in [2.24, 2.45) is 5.92 Å². The van der Waals surface area contributed by atoms with Gasteiger partial charge in [0.2, 0.25) is 5.95 Å². The Bertz CT molecular complexity index is 717. The van der Waals surface area contributed by atoms with Crippen LogP contribution < -0.4 is 21.3 Å². The van der Waals surface area contributed by atoms with Crippen LogP contribution in [0.25, 0.3) is 0 Å². The van der Waals surface area contributed by atoms with Crippen molar-refractivity contribution in [1.29, 1.82) is 0 Å². The van der Waals surface area contributed by atoms with Crippen molar-refractivity contribution in [3.63, 3.8) is 0 Å². The summed E-state index contributed by atoms with van der Waals surface area (Å²) < 4.78 is 0. The summed E-state index contributed by atoms with van der Waals surface area (Å²) in [5.41, 5.74) is 9.57. The molecule has 3 heterocycles. The monoisotopic (exact) mass is 338 g/mol. The summed E-state index contributed by atoms with van der Waals surface area (Å²) in [5, 5.41) is 6.99. The molecule has 2 aliphatic heterocycles. The van der Waals surface area contributed by atoms with Gasteiger partial charge in [0.25, 0.3) is 0 Å². The topological polar surface area (TPSA) is 79.1 Å². The Kier molecular flexibility index (Phi) is 4.70. The lowest BCUT2D eigenvalue weighted by Crippen LogP contribution is -2.23. The molecule has 25 heavy (non-hydrogen) atoms. The van der Waals surface area contributed by atoms with Gasteiger partial charge in [0.05, 0.1) is 5.69 Å². The van der Waals surface area contributed by atoms with Gasteiger partial charge in [-0.1, -0.05) is 18.2 Å². The molecule has 4 rings (SSSR count). The van der Waals surface area contributed by atoms with Gasteiger partial charge in [-0.3, -0.25) is 0 Å². The van der Waals surface area contributed by atoms with E-state index in [1.165, 1.54) is 17.7 Å². The van der Waals surface area contributed by atoms with E-state index in [0.717, 1.165) is 57.1 Å². The summed E-state index contributed by atoms with van der Waals surface area (Å²) in [6.07, 6.45) is 3.08. The van der Waals surface area contributed by atoms with E-state index < -0.39 is 0 Å². The maximum atomic E-state index is 5.92. The summed E-state index contributed by atoms with van der Waals surface area (Å²) in [7, 11) is 0. The zero-order chi connectivity index (χ0) is 17.1. The molecule has 1 saturated heterocycles. The predicted octanol–water partition coefficient (Wildman–Crippen LogP) is 1.69. The highest BCUT2D eigenvalue weighted by Crippen LogP contribution is 2.25. The van der Waals surface area contributed by atoms with Crippen molar-refractivity contribution < 1.29 is 0 Å². The first-order valence-corrected chi connectivity index (χ1v) is 9.19. The fraction of sp³-hybridized carbons (Fsp3) is 0.474. The molecule has 0 amide bonds. The van der Waals surface area contributed by atoms with Crippen LogP contribution >= 0.6 is 0 Å². The Morgan fingerprint density at radius 1 is 1.16 bits per heavy atom. The number of rotatable bonds is 4. The second kappa shape index (κ2) is 7.27. The van der Waals surface area contributed by atoms with E-state index in [1.807, 2.05) is 0 Å². The third kappa shape index (κ3) is 3.69. The van der Waals surface area contributed by atoms with Crippen molar-refractivity contribution in [2.45, 2.75) is 19.3 Å². The predicted molar refractivity (Wildman–Crippen MR) is 102 cm³/mol. The summed E-state index contributed by atoms with van der Waals surface area (Å²) in [6, 6.07) is 10.7. The van der Waals surface area contributed by atoms with E-state index in [2.05, 4.69) is 55.8 Å². The van der Waals surface area contributed by atoms with Crippen LogP contribution in [0.2, 0.25) is 0 Å². The highest BCUT2D eigenvalue weighted by atomic mass is 15.2. The number of benzene rings is 1. The van der Waals surface area contributed by atoms with Gasteiger partial charge in [-0.2, -0.15) is 4.98 Å². The lowest BCUT2D eigenvalue weighted by atomic mass is 10.1. The highest BCUT2D eigenvalue weighted by molar-refractivity contribution is 5.51. The number of fused-ring (bicyclic) bond motifs is 1. The maximum Gasteiger partial charge on any atom is 0.222 e. The number of hydrogen-bond donors (Lipinski definition) is 3. The van der Waals surface area contributed by atoms with Crippen molar-refractivity contribution >= 4 is 17.5 Å². The van der Waals surface area contributed by atoms with Crippen LogP contribution in [0.4, 0.5) is 17.5 Å². The Labute approximate surface area is 148 Å². The van der Waals surface area contributed by atoms with E-state index in [0.29, 0.717) is 11.9 Å². The normalized spacial score (nSPS) is 20.2. The van der Waals surface area contributed by atoms with Gasteiger partial charge in [0, 0.05) is 43.9 Å². The Morgan fingerprint density at radius 2 is 2.00 bits per heavy atom. The first-order chi connectivity index (χ1) is 12.3. The van der Waals surface area contributed by atoms with E-state index in [-0.39, 0.29) is 0 Å². The van der Waals surface area contributed by atoms with Crippen molar-refractivity contribution in [3.8, 4) is 0 Å². The zero-order valence-corrected chi connectivity index (χ0v) is 14.5. The standard InChI is InChI=1S/C19H26N6/c20-19-23-17-7-10-21-9-6-16(17)18(24-19)22-12-14-8-11-25(13-14)15-4-2-1-3-5-15/h1-5,14,21H,6-13H2,(H3,20,22,23,24)/t14-/m0/s1. The number of aromatic nitrogens is 2. The molecular formula is C19H26N6. The Balaban J connectivity index is 1.41. The smallest absolute Gasteiger partial charge is 0.222 e. The van der Waals surface area contributed by atoms with Gasteiger partial charge in [-0.25, -0.2) is 4.98 Å². The molecule has 1 fully saturated rings. The molecule has 4 N–H and O–H groups in total. The molecule has 0 aliphatic carbocycles. The minimum Gasteiger partial charge on any atom is -0.371 e. The molecule has 0 spiro atoms. The summed E-state index contributed by atoms with van der Waals surface area (Å²) in [6.45, 7) is 5.06. The fourth-order valence-electron chi connectivity index (χ4n) is 3.82. The molecule has 2 aliphatic rings. The second-order valence-electron chi connectivity index (χ2n) is 6.92. The minimum atomic E-state index is 0.375. The number of nitrogen functional groups attached to an aromatic ring is 1.